The number of thioether (sulfide) groups is 1. The molecule has 28 heavy (non-hydrogen) atoms. The number of carbonyl (C=O) groups is 3. The first kappa shape index (κ1) is 19.5. The largest absolute Gasteiger partial charge is 0.494 e. The zero-order valence-corrected chi connectivity index (χ0v) is 15.8. The van der Waals surface area contributed by atoms with Crippen molar-refractivity contribution in [3.8, 4) is 11.5 Å². The summed E-state index contributed by atoms with van der Waals surface area (Å²) in [5.74, 6) is -0.589. The number of ether oxygens (including phenoxy) is 2. The maximum Gasteiger partial charge on any atom is 0.341 e. The van der Waals surface area contributed by atoms with Gasteiger partial charge >= 0.3 is 5.97 Å². The summed E-state index contributed by atoms with van der Waals surface area (Å²) in [6.07, 6.45) is 1.52. The van der Waals surface area contributed by atoms with E-state index in [2.05, 4.69) is 0 Å². The van der Waals surface area contributed by atoms with Crippen LogP contribution >= 0.6 is 11.8 Å². The van der Waals surface area contributed by atoms with E-state index in [1.165, 1.54) is 6.08 Å². The smallest absolute Gasteiger partial charge is 0.341 e. The molecule has 0 aliphatic carbocycles. The maximum atomic E-state index is 12.8. The lowest BCUT2D eigenvalue weighted by molar-refractivity contribution is -0.139. The van der Waals surface area contributed by atoms with Gasteiger partial charge in [-0.15, -0.1) is 0 Å². The highest BCUT2D eigenvalue weighted by atomic mass is 32.2. The molecule has 144 valence electrons. The van der Waals surface area contributed by atoms with Crippen LogP contribution < -0.4 is 14.4 Å². The van der Waals surface area contributed by atoms with Crippen molar-refractivity contribution in [2.24, 2.45) is 0 Å². The molecule has 1 aliphatic heterocycles. The van der Waals surface area contributed by atoms with E-state index in [-0.39, 0.29) is 4.91 Å². The fourth-order valence-corrected chi connectivity index (χ4v) is 3.39. The molecular formula is C20H17NO6S. The van der Waals surface area contributed by atoms with Crippen LogP contribution in [-0.4, -0.2) is 35.4 Å². The van der Waals surface area contributed by atoms with Gasteiger partial charge < -0.3 is 14.6 Å². The summed E-state index contributed by atoms with van der Waals surface area (Å²) in [6, 6.07) is 13.4. The normalized spacial score (nSPS) is 15.2. The van der Waals surface area contributed by atoms with Crippen LogP contribution in [0.25, 0.3) is 6.08 Å². The Morgan fingerprint density at radius 1 is 1.11 bits per heavy atom. The molecule has 0 spiro atoms. The molecule has 1 aliphatic rings. The van der Waals surface area contributed by atoms with Gasteiger partial charge in [-0.2, -0.15) is 0 Å². The van der Waals surface area contributed by atoms with Gasteiger partial charge in [-0.05, 0) is 55.1 Å². The van der Waals surface area contributed by atoms with Crippen molar-refractivity contribution < 1.29 is 29.0 Å². The molecule has 0 radical (unpaired) electrons. The van der Waals surface area contributed by atoms with E-state index in [1.807, 2.05) is 6.92 Å². The van der Waals surface area contributed by atoms with E-state index >= 15 is 0 Å². The second-order valence-electron chi connectivity index (χ2n) is 5.66. The summed E-state index contributed by atoms with van der Waals surface area (Å²) in [7, 11) is 0. The highest BCUT2D eigenvalue weighted by Crippen LogP contribution is 2.37. The third-order valence-electron chi connectivity index (χ3n) is 3.76. The quantitative estimate of drug-likeness (QED) is 0.708. The summed E-state index contributed by atoms with van der Waals surface area (Å²) in [6.45, 7) is 1.89. The molecule has 0 saturated carbocycles. The Morgan fingerprint density at radius 2 is 1.82 bits per heavy atom. The predicted octanol–water partition coefficient (Wildman–Crippen LogP) is 3.79. The zero-order valence-electron chi connectivity index (χ0n) is 15.0. The van der Waals surface area contributed by atoms with Crippen molar-refractivity contribution in [3.05, 3.63) is 59.0 Å². The lowest BCUT2D eigenvalue weighted by Gasteiger charge is -2.13. The van der Waals surface area contributed by atoms with Crippen molar-refractivity contribution in [1.82, 2.24) is 0 Å². The number of benzene rings is 2. The number of hydrogen-bond acceptors (Lipinski definition) is 6. The monoisotopic (exact) mass is 399 g/mol. The van der Waals surface area contributed by atoms with Crippen molar-refractivity contribution >= 4 is 40.6 Å². The minimum absolute atomic E-state index is 0.227. The topological polar surface area (TPSA) is 93.1 Å². The molecule has 3 rings (SSSR count). The van der Waals surface area contributed by atoms with E-state index < -0.39 is 23.7 Å². The van der Waals surface area contributed by atoms with E-state index in [1.54, 1.807) is 48.5 Å². The first-order chi connectivity index (χ1) is 13.5. The number of rotatable bonds is 7. The Hall–Kier alpha value is -3.26. The van der Waals surface area contributed by atoms with Crippen LogP contribution in [0.2, 0.25) is 0 Å². The molecule has 1 fully saturated rings. The van der Waals surface area contributed by atoms with Crippen molar-refractivity contribution in [2.75, 3.05) is 18.1 Å². The number of aliphatic carboxylic acids is 1. The highest BCUT2D eigenvalue weighted by molar-refractivity contribution is 8.19. The minimum Gasteiger partial charge on any atom is -0.494 e. The molecule has 0 aromatic heterocycles. The third-order valence-corrected chi connectivity index (χ3v) is 4.63. The fraction of sp³-hybridized carbons (Fsp3) is 0.150. The first-order valence-electron chi connectivity index (χ1n) is 8.44. The number of anilines is 1. The Kier molecular flexibility index (Phi) is 6.00. The molecule has 0 bridgehead atoms. The summed E-state index contributed by atoms with van der Waals surface area (Å²) < 4.78 is 10.6. The van der Waals surface area contributed by atoms with Crippen LogP contribution in [0, 0.1) is 0 Å². The zero-order chi connectivity index (χ0) is 20.1. The molecule has 2 aromatic carbocycles. The molecule has 0 atom stereocenters. The van der Waals surface area contributed by atoms with Crippen LogP contribution in [0.4, 0.5) is 10.5 Å². The summed E-state index contributed by atoms with van der Waals surface area (Å²) in [5, 5.41) is 8.37. The minimum atomic E-state index is -1.11. The third kappa shape index (κ3) is 4.34. The SMILES string of the molecule is CCOc1ccc(N2C(=O)S/C(=C/c3ccccc3OCC(=O)O)C2=O)cc1. The lowest BCUT2D eigenvalue weighted by atomic mass is 10.2. The summed E-state index contributed by atoms with van der Waals surface area (Å²) in [5.41, 5.74) is 0.964. The van der Waals surface area contributed by atoms with Gasteiger partial charge in [0.15, 0.2) is 6.61 Å². The van der Waals surface area contributed by atoms with Crippen LogP contribution in [0.5, 0.6) is 11.5 Å². The number of amides is 2. The summed E-state index contributed by atoms with van der Waals surface area (Å²) in [4.78, 5) is 37.2. The molecule has 2 amide bonds. The van der Waals surface area contributed by atoms with Gasteiger partial charge in [0.1, 0.15) is 11.5 Å². The van der Waals surface area contributed by atoms with Crippen LogP contribution in [-0.2, 0) is 9.59 Å². The molecule has 1 heterocycles. The van der Waals surface area contributed by atoms with E-state index in [4.69, 9.17) is 14.6 Å². The van der Waals surface area contributed by atoms with Gasteiger partial charge in [-0.3, -0.25) is 9.59 Å². The standard InChI is InChI=1S/C20H17NO6S/c1-2-26-15-9-7-14(8-10-15)21-19(24)17(28-20(21)25)11-13-5-3-4-6-16(13)27-12-18(22)23/h3-11H,2,12H2,1H3,(H,22,23)/b17-11+. The first-order valence-corrected chi connectivity index (χ1v) is 9.25. The van der Waals surface area contributed by atoms with Gasteiger partial charge in [0.2, 0.25) is 0 Å². The van der Waals surface area contributed by atoms with E-state index in [0.29, 0.717) is 29.4 Å². The molecular weight excluding hydrogens is 382 g/mol. The van der Waals surface area contributed by atoms with Gasteiger partial charge in [-0.1, -0.05) is 18.2 Å². The van der Waals surface area contributed by atoms with Crippen LogP contribution in [0.3, 0.4) is 0 Å². The van der Waals surface area contributed by atoms with Crippen LogP contribution in [0.15, 0.2) is 53.4 Å². The molecule has 1 saturated heterocycles. The number of hydrogen-bond donors (Lipinski definition) is 1. The van der Waals surface area contributed by atoms with Crippen molar-refractivity contribution in [1.29, 1.82) is 0 Å². The maximum absolute atomic E-state index is 12.8. The van der Waals surface area contributed by atoms with Crippen molar-refractivity contribution in [3.63, 3.8) is 0 Å². The van der Waals surface area contributed by atoms with Gasteiger partial charge in [0.05, 0.1) is 17.2 Å². The predicted molar refractivity (Wildman–Crippen MR) is 106 cm³/mol. The Balaban J connectivity index is 1.84. The highest BCUT2D eigenvalue weighted by Gasteiger charge is 2.36. The Morgan fingerprint density at radius 3 is 2.50 bits per heavy atom. The fourth-order valence-electron chi connectivity index (χ4n) is 2.56. The van der Waals surface area contributed by atoms with Gasteiger partial charge in [0, 0.05) is 5.56 Å². The molecule has 0 unspecified atom stereocenters. The molecule has 1 N–H and O–H groups in total. The van der Waals surface area contributed by atoms with Gasteiger partial charge in [-0.25, -0.2) is 9.69 Å². The number of carbonyl (C=O) groups excluding carboxylic acids is 2. The molecule has 7 nitrogen and oxygen atoms in total. The van der Waals surface area contributed by atoms with E-state index in [0.717, 1.165) is 16.7 Å². The number of para-hydroxylation sites is 1. The van der Waals surface area contributed by atoms with Crippen LogP contribution in [0.1, 0.15) is 12.5 Å². The van der Waals surface area contributed by atoms with Gasteiger partial charge in [0.25, 0.3) is 11.1 Å². The average molecular weight is 399 g/mol. The number of nitrogens with zero attached hydrogens (tertiary/aromatic N) is 1. The Labute approximate surface area is 165 Å². The average Bonchev–Trinajstić information content (AvgIpc) is 2.95. The lowest BCUT2D eigenvalue weighted by Crippen LogP contribution is -2.27. The number of carboxylic acids is 1. The molecule has 8 heteroatoms. The van der Waals surface area contributed by atoms with E-state index in [9.17, 15) is 14.4 Å². The van der Waals surface area contributed by atoms with Crippen molar-refractivity contribution in [2.45, 2.75) is 6.92 Å². The second kappa shape index (κ2) is 8.62. The molecule has 2 aromatic rings. The Bertz CT molecular complexity index is 938. The number of imide groups is 1. The number of carboxylic acid groups (broad SMARTS) is 1. The summed E-state index contributed by atoms with van der Waals surface area (Å²) >= 11 is 0.814. The second-order valence-corrected chi connectivity index (χ2v) is 6.66.